The fraction of sp³-hybridized carbons (Fsp3) is 0.0500. The Bertz CT molecular complexity index is 1080. The van der Waals surface area contributed by atoms with Gasteiger partial charge in [-0.2, -0.15) is 0 Å². The van der Waals surface area contributed by atoms with E-state index in [4.69, 9.17) is 11.6 Å². The second kappa shape index (κ2) is 5.69. The van der Waals surface area contributed by atoms with Gasteiger partial charge in [0.15, 0.2) is 5.43 Å². The van der Waals surface area contributed by atoms with Gasteiger partial charge in [0.1, 0.15) is 0 Å². The molecule has 3 nitrogen and oxygen atoms in total. The largest absolute Gasteiger partial charge is 0.360 e. The molecule has 4 heteroatoms. The van der Waals surface area contributed by atoms with Gasteiger partial charge in [-0.05, 0) is 49.4 Å². The van der Waals surface area contributed by atoms with Crippen molar-refractivity contribution in [2.45, 2.75) is 6.92 Å². The van der Waals surface area contributed by atoms with Crippen molar-refractivity contribution in [1.82, 2.24) is 9.55 Å². The number of halogens is 1. The summed E-state index contributed by atoms with van der Waals surface area (Å²) in [7, 11) is 0. The highest BCUT2D eigenvalue weighted by atomic mass is 35.5. The lowest BCUT2D eigenvalue weighted by Gasteiger charge is -2.19. The van der Waals surface area contributed by atoms with Gasteiger partial charge in [-0.15, -0.1) is 0 Å². The average Bonchev–Trinajstić information content (AvgIpc) is 3.12. The normalized spacial score (nSPS) is 11.1. The van der Waals surface area contributed by atoms with Crippen LogP contribution in [0.2, 0.25) is 5.02 Å². The summed E-state index contributed by atoms with van der Waals surface area (Å²) in [6.45, 7) is 1.87. The summed E-state index contributed by atoms with van der Waals surface area (Å²) in [5.41, 5.74) is 4.27. The second-order valence-electron chi connectivity index (χ2n) is 5.72. The molecule has 0 saturated heterocycles. The number of nitrogens with one attached hydrogen (secondary N) is 1. The van der Waals surface area contributed by atoms with Crippen LogP contribution in [0.25, 0.3) is 28.0 Å². The molecule has 0 aliphatic heterocycles. The van der Waals surface area contributed by atoms with Gasteiger partial charge in [0.25, 0.3) is 0 Å². The molecule has 2 aromatic heterocycles. The number of aromatic amines is 1. The van der Waals surface area contributed by atoms with Crippen LogP contribution >= 0.6 is 11.6 Å². The summed E-state index contributed by atoms with van der Waals surface area (Å²) in [5.74, 6) is 0. The zero-order valence-corrected chi connectivity index (χ0v) is 13.8. The number of H-pyrrole nitrogens is 1. The van der Waals surface area contributed by atoms with Crippen molar-refractivity contribution in [1.29, 1.82) is 0 Å². The van der Waals surface area contributed by atoms with E-state index in [1.165, 1.54) is 0 Å². The maximum absolute atomic E-state index is 12.9. The van der Waals surface area contributed by atoms with Crippen LogP contribution in [0.1, 0.15) is 5.56 Å². The molecule has 1 N–H and O–H groups in total. The van der Waals surface area contributed by atoms with E-state index in [-0.39, 0.29) is 5.43 Å². The Morgan fingerprint density at radius 3 is 2.50 bits per heavy atom. The molecule has 0 atom stereocenters. The number of aromatic nitrogens is 2. The smallest absolute Gasteiger partial charge is 0.193 e. The molecule has 24 heavy (non-hydrogen) atoms. The average molecular weight is 335 g/mol. The Kier molecular flexibility index (Phi) is 3.51. The predicted octanol–water partition coefficient (Wildman–Crippen LogP) is 4.95. The zero-order valence-electron chi connectivity index (χ0n) is 13.1. The Labute approximate surface area is 144 Å². The molecule has 2 aromatic carbocycles. The summed E-state index contributed by atoms with van der Waals surface area (Å²) in [5, 5.41) is 1.27. The number of fused-ring (bicyclic) bond motifs is 1. The molecule has 0 aliphatic carbocycles. The third-order valence-electron chi connectivity index (χ3n) is 4.23. The Hall–Kier alpha value is -2.78. The van der Waals surface area contributed by atoms with Crippen LogP contribution in [-0.4, -0.2) is 9.55 Å². The predicted molar refractivity (Wildman–Crippen MR) is 99.1 cm³/mol. The molecule has 0 fully saturated rings. The molecule has 0 aliphatic rings. The van der Waals surface area contributed by atoms with E-state index in [1.807, 2.05) is 61.7 Å². The topological polar surface area (TPSA) is 37.8 Å². The fourth-order valence-corrected chi connectivity index (χ4v) is 3.29. The minimum atomic E-state index is 0.0263. The third kappa shape index (κ3) is 2.25. The van der Waals surface area contributed by atoms with Crippen LogP contribution in [0, 0.1) is 6.92 Å². The number of benzene rings is 2. The highest BCUT2D eigenvalue weighted by Gasteiger charge is 2.17. The van der Waals surface area contributed by atoms with Gasteiger partial charge in [-0.25, -0.2) is 0 Å². The number of rotatable bonds is 2. The van der Waals surface area contributed by atoms with E-state index in [9.17, 15) is 4.79 Å². The molecule has 0 unspecified atom stereocenters. The van der Waals surface area contributed by atoms with Crippen LogP contribution < -0.4 is 5.43 Å². The van der Waals surface area contributed by atoms with Gasteiger partial charge in [0.05, 0.1) is 16.9 Å². The Morgan fingerprint density at radius 2 is 1.79 bits per heavy atom. The molecule has 4 aromatic rings. The fourth-order valence-electron chi connectivity index (χ4n) is 3.12. The first-order valence-corrected chi connectivity index (χ1v) is 8.08. The summed E-state index contributed by atoms with van der Waals surface area (Å²) in [6.07, 6.45) is 1.86. The molecule has 0 spiro atoms. The van der Waals surface area contributed by atoms with Crippen molar-refractivity contribution in [2.75, 3.05) is 0 Å². The molecule has 0 amide bonds. The highest BCUT2D eigenvalue weighted by molar-refractivity contribution is 6.31. The lowest BCUT2D eigenvalue weighted by Crippen LogP contribution is -2.15. The second-order valence-corrected chi connectivity index (χ2v) is 6.16. The molecule has 0 saturated carbocycles. The first kappa shape index (κ1) is 14.8. The zero-order chi connectivity index (χ0) is 16.7. The molecule has 2 heterocycles. The van der Waals surface area contributed by atoms with Gasteiger partial charge >= 0.3 is 0 Å². The maximum Gasteiger partial charge on any atom is 0.193 e. The summed E-state index contributed by atoms with van der Waals surface area (Å²) in [6, 6.07) is 19.3. The third-order valence-corrected chi connectivity index (χ3v) is 4.47. The number of pyridine rings is 1. The van der Waals surface area contributed by atoms with Crippen LogP contribution in [-0.2, 0) is 0 Å². The monoisotopic (exact) mass is 334 g/mol. The van der Waals surface area contributed by atoms with E-state index in [1.54, 1.807) is 12.1 Å². The maximum atomic E-state index is 12.9. The van der Waals surface area contributed by atoms with Crippen molar-refractivity contribution in [2.24, 2.45) is 0 Å². The molecule has 0 radical (unpaired) electrons. The number of nitrogens with zero attached hydrogens (tertiary/aromatic N) is 1. The number of hydrogen-bond donors (Lipinski definition) is 1. The van der Waals surface area contributed by atoms with Gasteiger partial charge in [-0.1, -0.05) is 29.8 Å². The number of para-hydroxylation sites is 1. The van der Waals surface area contributed by atoms with E-state index >= 15 is 0 Å². The molecule has 4 rings (SSSR count). The van der Waals surface area contributed by atoms with Crippen LogP contribution in [0.3, 0.4) is 0 Å². The van der Waals surface area contributed by atoms with Gasteiger partial charge in [0, 0.05) is 27.9 Å². The van der Waals surface area contributed by atoms with E-state index in [0.29, 0.717) is 16.0 Å². The highest BCUT2D eigenvalue weighted by Crippen LogP contribution is 2.29. The van der Waals surface area contributed by atoms with Crippen molar-refractivity contribution in [3.8, 4) is 17.1 Å². The minimum Gasteiger partial charge on any atom is -0.360 e. The Balaban J connectivity index is 2.25. The quantitative estimate of drug-likeness (QED) is 0.553. The van der Waals surface area contributed by atoms with Crippen molar-refractivity contribution < 1.29 is 0 Å². The summed E-state index contributed by atoms with van der Waals surface area (Å²) in [4.78, 5) is 16.1. The first-order valence-electron chi connectivity index (χ1n) is 7.71. The van der Waals surface area contributed by atoms with E-state index < -0.39 is 0 Å². The standard InChI is InChI=1S/C20H15ClN2O/c1-13-19(17-8-5-11-22-17)23(15-6-3-2-4-7-15)18-12-14(21)9-10-16(18)20(13)24/h2-12,22H,1H3. The molecular weight excluding hydrogens is 320 g/mol. The van der Waals surface area contributed by atoms with Crippen molar-refractivity contribution in [3.05, 3.63) is 87.7 Å². The van der Waals surface area contributed by atoms with Gasteiger partial charge < -0.3 is 9.55 Å². The summed E-state index contributed by atoms with van der Waals surface area (Å²) < 4.78 is 2.09. The first-order chi connectivity index (χ1) is 11.7. The molecular formula is C20H15ClN2O. The minimum absolute atomic E-state index is 0.0263. The summed E-state index contributed by atoms with van der Waals surface area (Å²) >= 11 is 6.22. The molecule has 0 bridgehead atoms. The van der Waals surface area contributed by atoms with E-state index in [0.717, 1.165) is 22.6 Å². The van der Waals surface area contributed by atoms with Crippen LogP contribution in [0.4, 0.5) is 0 Å². The van der Waals surface area contributed by atoms with Crippen molar-refractivity contribution >= 4 is 22.5 Å². The van der Waals surface area contributed by atoms with Crippen LogP contribution in [0.15, 0.2) is 71.7 Å². The van der Waals surface area contributed by atoms with Gasteiger partial charge in [0.2, 0.25) is 0 Å². The van der Waals surface area contributed by atoms with Crippen molar-refractivity contribution in [3.63, 3.8) is 0 Å². The lowest BCUT2D eigenvalue weighted by atomic mass is 10.1. The van der Waals surface area contributed by atoms with Gasteiger partial charge in [-0.3, -0.25) is 4.79 Å². The van der Waals surface area contributed by atoms with E-state index in [2.05, 4.69) is 9.55 Å². The lowest BCUT2D eigenvalue weighted by molar-refractivity contribution is 1.07. The van der Waals surface area contributed by atoms with Crippen LogP contribution in [0.5, 0.6) is 0 Å². The molecule has 118 valence electrons. The SMILES string of the molecule is Cc1c(-c2ccc[nH]2)n(-c2ccccc2)c2cc(Cl)ccc2c1=O. The number of hydrogen-bond acceptors (Lipinski definition) is 1. The Morgan fingerprint density at radius 1 is 1.00 bits per heavy atom.